The van der Waals surface area contributed by atoms with Crippen molar-refractivity contribution in [2.45, 2.75) is 106 Å². The van der Waals surface area contributed by atoms with E-state index in [0.29, 0.717) is 22.7 Å². The molecule has 4 fully saturated rings. The topological polar surface area (TPSA) is 96.7 Å². The van der Waals surface area contributed by atoms with Gasteiger partial charge in [0.15, 0.2) is 0 Å². The van der Waals surface area contributed by atoms with Crippen molar-refractivity contribution in [3.63, 3.8) is 0 Å². The fourth-order valence-electron chi connectivity index (χ4n) is 7.48. The van der Waals surface area contributed by atoms with E-state index in [0.717, 1.165) is 29.7 Å². The zero-order chi connectivity index (χ0) is 26.4. The van der Waals surface area contributed by atoms with Gasteiger partial charge in [-0.25, -0.2) is 17.9 Å². The summed E-state index contributed by atoms with van der Waals surface area (Å²) in [6.45, 7) is 6.24. The van der Waals surface area contributed by atoms with Crippen molar-refractivity contribution in [1.29, 1.82) is 0 Å². The molecule has 3 heterocycles. The van der Waals surface area contributed by atoms with E-state index in [1.807, 2.05) is 13.0 Å². The number of hydrogen-bond acceptors (Lipinski definition) is 7. The number of fused-ring (bicyclic) bond motifs is 4. The highest BCUT2D eigenvalue weighted by atomic mass is 127. The number of nitrogens with zero attached hydrogens (tertiary/aromatic N) is 2. The van der Waals surface area contributed by atoms with Crippen molar-refractivity contribution >= 4 is 38.9 Å². The molecule has 8 nitrogen and oxygen atoms in total. The van der Waals surface area contributed by atoms with Crippen LogP contribution in [-0.4, -0.2) is 50.7 Å². The number of carbonyl (C=O) groups excluding carboxylic acids is 1. The monoisotopic (exact) mass is 646 g/mol. The van der Waals surface area contributed by atoms with Crippen molar-refractivity contribution in [3.05, 3.63) is 30.9 Å². The van der Waals surface area contributed by atoms with Gasteiger partial charge in [0.05, 0.1) is 5.60 Å². The molecule has 10 heteroatoms. The van der Waals surface area contributed by atoms with Gasteiger partial charge in [0, 0.05) is 34.7 Å². The predicted octanol–water partition coefficient (Wildman–Crippen LogP) is 5.22. The molecule has 1 aromatic rings. The smallest absolute Gasteiger partial charge is 0.367 e. The number of rotatable bonds is 8. The maximum Gasteiger partial charge on any atom is 0.367 e. The van der Waals surface area contributed by atoms with Crippen LogP contribution in [-0.2, 0) is 28.8 Å². The Hall–Kier alpha value is -0.980. The number of imidazole rings is 1. The van der Waals surface area contributed by atoms with Gasteiger partial charge in [0.25, 0.3) is 0 Å². The van der Waals surface area contributed by atoms with Crippen molar-refractivity contribution in [3.8, 4) is 0 Å². The molecular formula is C27H39IN2O6S. The van der Waals surface area contributed by atoms with Gasteiger partial charge in [-0.1, -0.05) is 61.8 Å². The molecule has 1 aromatic heterocycles. The summed E-state index contributed by atoms with van der Waals surface area (Å²) >= 11 is 2.49. The average molecular weight is 647 g/mol. The Morgan fingerprint density at radius 1 is 1.24 bits per heavy atom. The molecule has 0 amide bonds. The summed E-state index contributed by atoms with van der Waals surface area (Å²) < 4.78 is 46.7. The minimum atomic E-state index is -4.08. The molecule has 206 valence electrons. The summed E-state index contributed by atoms with van der Waals surface area (Å²) in [5.74, 6) is 0.481. The van der Waals surface area contributed by atoms with Gasteiger partial charge in [-0.2, -0.15) is 8.42 Å². The summed E-state index contributed by atoms with van der Waals surface area (Å²) in [6, 6.07) is 0. The number of alkyl halides is 1. The van der Waals surface area contributed by atoms with E-state index in [-0.39, 0.29) is 23.7 Å². The normalized spacial score (nSPS) is 38.4. The fourth-order valence-corrected chi connectivity index (χ4v) is 9.74. The zero-order valence-corrected chi connectivity index (χ0v) is 24.9. The van der Waals surface area contributed by atoms with Gasteiger partial charge in [-0.15, -0.1) is 0 Å². The SMILES string of the molecule is CC(C)CC12CC(OS(=O)(=O)n3ccnc3)C(C)(O1)C1CCC(I)C1C2OC(=O)/C=C/C1CCCCC1. The highest BCUT2D eigenvalue weighted by Crippen LogP contribution is 2.62. The standard InChI is InChI=1S/C27H39IN2O6S/c1-18(2)15-27-16-22(35-37(32,33)30-14-13-29-17-30)26(3,36-27)20-10-11-21(28)24(20)25(27)34-23(31)12-9-19-7-5-4-6-8-19/h9,12-14,17-22,24-25H,4-8,10-11,15-16H2,1-3H3/b12-9+. The lowest BCUT2D eigenvalue weighted by Gasteiger charge is -2.51. The van der Waals surface area contributed by atoms with Gasteiger partial charge in [0.2, 0.25) is 0 Å². The number of aromatic nitrogens is 2. The average Bonchev–Trinajstić information content (AvgIpc) is 3.56. The highest BCUT2D eigenvalue weighted by Gasteiger charge is 2.71. The fraction of sp³-hybridized carbons (Fsp3) is 0.778. The molecule has 2 bridgehead atoms. The quantitative estimate of drug-likeness (QED) is 0.166. The molecular weight excluding hydrogens is 607 g/mol. The first-order valence-electron chi connectivity index (χ1n) is 13.7. The number of halogens is 1. The number of carbonyl (C=O) groups is 1. The maximum absolute atomic E-state index is 13.2. The van der Waals surface area contributed by atoms with E-state index < -0.39 is 33.7 Å². The number of hydrogen-bond donors (Lipinski definition) is 0. The largest absolute Gasteiger partial charge is 0.456 e. The second kappa shape index (κ2) is 10.5. The van der Waals surface area contributed by atoms with Crippen LogP contribution in [0.4, 0.5) is 0 Å². The molecule has 7 unspecified atom stereocenters. The summed E-state index contributed by atoms with van der Waals surface area (Å²) in [6.07, 6.45) is 15.3. The number of ether oxygens (including phenoxy) is 2. The zero-order valence-electron chi connectivity index (χ0n) is 21.9. The molecule has 0 radical (unpaired) electrons. The van der Waals surface area contributed by atoms with Gasteiger partial charge in [-0.3, -0.25) is 0 Å². The Bertz CT molecular complexity index is 1100. The molecule has 5 rings (SSSR count). The summed E-state index contributed by atoms with van der Waals surface area (Å²) in [5.41, 5.74) is -1.60. The van der Waals surface area contributed by atoms with E-state index in [1.54, 1.807) is 6.08 Å². The van der Waals surface area contributed by atoms with Gasteiger partial charge in [-0.05, 0) is 56.8 Å². The highest BCUT2D eigenvalue weighted by molar-refractivity contribution is 14.1. The second-order valence-electron chi connectivity index (χ2n) is 12.0. The Labute approximate surface area is 234 Å². The molecule has 0 N–H and O–H groups in total. The number of allylic oxidation sites excluding steroid dienone is 1. The van der Waals surface area contributed by atoms with Gasteiger partial charge in [0.1, 0.15) is 24.1 Å². The van der Waals surface area contributed by atoms with E-state index in [9.17, 15) is 13.2 Å². The third-order valence-electron chi connectivity index (χ3n) is 8.96. The third kappa shape index (κ3) is 5.28. The molecule has 4 aliphatic rings. The van der Waals surface area contributed by atoms with E-state index in [4.69, 9.17) is 13.7 Å². The van der Waals surface area contributed by atoms with Crippen LogP contribution >= 0.6 is 22.6 Å². The van der Waals surface area contributed by atoms with E-state index >= 15 is 0 Å². The van der Waals surface area contributed by atoms with Crippen molar-refractivity contribution < 1.29 is 26.9 Å². The first kappa shape index (κ1) is 27.6. The molecule has 7 atom stereocenters. The molecule has 0 spiro atoms. The minimum absolute atomic E-state index is 0.0281. The second-order valence-corrected chi connectivity index (χ2v) is 15.0. The molecule has 2 aliphatic heterocycles. The molecule has 2 aliphatic carbocycles. The Morgan fingerprint density at radius 3 is 2.68 bits per heavy atom. The summed E-state index contributed by atoms with van der Waals surface area (Å²) in [7, 11) is -4.08. The Kier molecular flexibility index (Phi) is 7.85. The van der Waals surface area contributed by atoms with Gasteiger partial charge < -0.3 is 9.47 Å². The van der Waals surface area contributed by atoms with Crippen LogP contribution in [0, 0.1) is 23.7 Å². The third-order valence-corrected chi connectivity index (χ3v) is 11.6. The van der Waals surface area contributed by atoms with Crippen LogP contribution in [0.15, 0.2) is 30.9 Å². The lowest BCUT2D eigenvalue weighted by Crippen LogP contribution is -2.61. The lowest BCUT2D eigenvalue weighted by molar-refractivity contribution is -0.249. The van der Waals surface area contributed by atoms with Crippen molar-refractivity contribution in [1.82, 2.24) is 8.96 Å². The van der Waals surface area contributed by atoms with Crippen LogP contribution in [0.1, 0.15) is 78.6 Å². The summed E-state index contributed by atoms with van der Waals surface area (Å²) in [4.78, 5) is 17.1. The predicted molar refractivity (Wildman–Crippen MR) is 147 cm³/mol. The molecule has 0 aromatic carbocycles. The first-order valence-corrected chi connectivity index (χ1v) is 16.3. The Balaban J connectivity index is 1.45. The van der Waals surface area contributed by atoms with Crippen LogP contribution in [0.25, 0.3) is 0 Å². The van der Waals surface area contributed by atoms with Crippen LogP contribution < -0.4 is 0 Å². The van der Waals surface area contributed by atoms with E-state index in [1.165, 1.54) is 38.0 Å². The van der Waals surface area contributed by atoms with Crippen LogP contribution in [0.5, 0.6) is 0 Å². The number of esters is 1. The van der Waals surface area contributed by atoms with E-state index in [2.05, 4.69) is 41.4 Å². The summed E-state index contributed by atoms with van der Waals surface area (Å²) in [5, 5.41) is 0. The van der Waals surface area contributed by atoms with Crippen LogP contribution in [0.3, 0.4) is 0 Å². The first-order chi connectivity index (χ1) is 17.5. The minimum Gasteiger partial charge on any atom is -0.456 e. The Morgan fingerprint density at radius 2 is 2.00 bits per heavy atom. The van der Waals surface area contributed by atoms with Gasteiger partial charge >= 0.3 is 16.3 Å². The van der Waals surface area contributed by atoms with Crippen molar-refractivity contribution in [2.75, 3.05) is 0 Å². The lowest BCUT2D eigenvalue weighted by atomic mass is 9.72. The molecule has 2 saturated carbocycles. The maximum atomic E-state index is 13.2. The molecule has 37 heavy (non-hydrogen) atoms. The van der Waals surface area contributed by atoms with Crippen LogP contribution in [0.2, 0.25) is 0 Å². The van der Waals surface area contributed by atoms with Crippen molar-refractivity contribution in [2.24, 2.45) is 23.7 Å². The molecule has 2 saturated heterocycles.